The number of amides is 1. The number of ether oxygens (including phenoxy) is 1. The largest absolute Gasteiger partial charge is 0.496 e. The first kappa shape index (κ1) is 12.7. The van der Waals surface area contributed by atoms with Crippen molar-refractivity contribution in [2.24, 2.45) is 0 Å². The maximum atomic E-state index is 12.3. The Balaban J connectivity index is 1.85. The third-order valence-corrected chi connectivity index (χ3v) is 3.65. The van der Waals surface area contributed by atoms with Crippen LogP contribution >= 0.6 is 0 Å². The highest BCUT2D eigenvalue weighted by molar-refractivity contribution is 5.94. The van der Waals surface area contributed by atoms with Crippen LogP contribution in [0.4, 0.5) is 0 Å². The van der Waals surface area contributed by atoms with Gasteiger partial charge in [0, 0.05) is 18.0 Å². The average Bonchev–Trinajstić information content (AvgIpc) is 3.28. The van der Waals surface area contributed by atoms with Crippen molar-refractivity contribution in [2.75, 3.05) is 7.11 Å². The number of rotatable bonds is 4. The van der Waals surface area contributed by atoms with Gasteiger partial charge in [-0.1, -0.05) is 18.2 Å². The van der Waals surface area contributed by atoms with Crippen molar-refractivity contribution < 1.29 is 9.53 Å². The summed E-state index contributed by atoms with van der Waals surface area (Å²) in [6, 6.07) is 11.4. The van der Waals surface area contributed by atoms with E-state index in [0.717, 1.165) is 24.2 Å². The van der Waals surface area contributed by atoms with Gasteiger partial charge in [0.2, 0.25) is 0 Å². The van der Waals surface area contributed by atoms with Gasteiger partial charge in [-0.15, -0.1) is 0 Å². The van der Waals surface area contributed by atoms with Crippen LogP contribution in [-0.4, -0.2) is 18.0 Å². The van der Waals surface area contributed by atoms with E-state index in [0.29, 0.717) is 5.56 Å². The Morgan fingerprint density at radius 2 is 2.05 bits per heavy atom. The molecule has 0 bridgehead atoms. The van der Waals surface area contributed by atoms with Gasteiger partial charge in [-0.05, 0) is 31.0 Å². The lowest BCUT2D eigenvalue weighted by Gasteiger charge is -2.20. The van der Waals surface area contributed by atoms with E-state index in [4.69, 9.17) is 4.74 Å². The molecule has 1 aromatic heterocycles. The molecule has 0 atom stereocenters. The lowest BCUT2D eigenvalue weighted by atomic mass is 10.0. The number of para-hydroxylation sites is 1. The summed E-state index contributed by atoms with van der Waals surface area (Å²) in [6.45, 7) is 0. The number of pyridine rings is 1. The number of nitrogens with zero attached hydrogens (tertiary/aromatic N) is 1. The minimum Gasteiger partial charge on any atom is -0.496 e. The van der Waals surface area contributed by atoms with E-state index in [1.54, 1.807) is 31.6 Å². The Bertz CT molecular complexity index is 621. The van der Waals surface area contributed by atoms with Crippen LogP contribution in [-0.2, 0) is 5.54 Å². The fourth-order valence-electron chi connectivity index (χ4n) is 2.41. The molecule has 0 aliphatic heterocycles. The summed E-state index contributed by atoms with van der Waals surface area (Å²) in [6.07, 6.45) is 5.09. The van der Waals surface area contributed by atoms with E-state index in [1.165, 1.54) is 0 Å². The minimum atomic E-state index is -0.292. The Labute approximate surface area is 117 Å². The number of benzene rings is 1. The van der Waals surface area contributed by atoms with Crippen molar-refractivity contribution in [3.05, 3.63) is 59.9 Å². The first-order valence-corrected chi connectivity index (χ1v) is 6.61. The Hall–Kier alpha value is -2.36. The monoisotopic (exact) mass is 268 g/mol. The molecule has 1 aliphatic carbocycles. The summed E-state index contributed by atoms with van der Waals surface area (Å²) in [4.78, 5) is 16.3. The molecule has 1 saturated carbocycles. The maximum absolute atomic E-state index is 12.3. The van der Waals surface area contributed by atoms with Crippen molar-refractivity contribution in [3.63, 3.8) is 0 Å². The van der Waals surface area contributed by atoms with Crippen molar-refractivity contribution in [2.45, 2.75) is 18.4 Å². The van der Waals surface area contributed by atoms with E-state index in [2.05, 4.69) is 10.3 Å². The molecule has 4 heteroatoms. The van der Waals surface area contributed by atoms with E-state index in [-0.39, 0.29) is 11.4 Å². The third kappa shape index (κ3) is 2.25. The molecule has 1 heterocycles. The zero-order chi connectivity index (χ0) is 14.0. The van der Waals surface area contributed by atoms with Gasteiger partial charge in [-0.25, -0.2) is 0 Å². The zero-order valence-electron chi connectivity index (χ0n) is 11.3. The summed E-state index contributed by atoms with van der Waals surface area (Å²) in [7, 11) is 1.65. The minimum absolute atomic E-state index is 0.0958. The number of hydrogen-bond donors (Lipinski definition) is 1. The predicted molar refractivity (Wildman–Crippen MR) is 75.6 cm³/mol. The molecule has 1 aromatic carbocycles. The molecule has 2 aromatic rings. The molecule has 0 saturated heterocycles. The molecule has 4 nitrogen and oxygen atoms in total. The summed E-state index contributed by atoms with van der Waals surface area (Å²) in [5.41, 5.74) is 1.33. The fraction of sp³-hybridized carbons (Fsp3) is 0.250. The van der Waals surface area contributed by atoms with Gasteiger partial charge in [0.1, 0.15) is 5.75 Å². The van der Waals surface area contributed by atoms with Crippen LogP contribution in [0.5, 0.6) is 5.75 Å². The van der Waals surface area contributed by atoms with Gasteiger partial charge in [-0.2, -0.15) is 0 Å². The van der Waals surface area contributed by atoms with Gasteiger partial charge in [0.15, 0.2) is 0 Å². The molecular formula is C16H16N2O2. The topological polar surface area (TPSA) is 51.2 Å². The number of methoxy groups -OCH3 is 1. The van der Waals surface area contributed by atoms with Crippen LogP contribution < -0.4 is 10.1 Å². The average molecular weight is 268 g/mol. The molecule has 0 unspecified atom stereocenters. The third-order valence-electron chi connectivity index (χ3n) is 3.65. The van der Waals surface area contributed by atoms with Crippen LogP contribution in [0.2, 0.25) is 0 Å². The maximum Gasteiger partial charge on any atom is 0.253 e. The van der Waals surface area contributed by atoms with E-state index < -0.39 is 0 Å². The number of nitrogens with one attached hydrogen (secondary N) is 1. The molecule has 1 aliphatic rings. The van der Waals surface area contributed by atoms with Gasteiger partial charge in [0.25, 0.3) is 5.91 Å². The quantitative estimate of drug-likeness (QED) is 0.927. The van der Waals surface area contributed by atoms with Crippen molar-refractivity contribution >= 4 is 5.91 Å². The molecule has 1 amide bonds. The standard InChI is InChI=1S/C16H16N2O2/c1-20-14-7-3-2-6-13(14)16(8-9-16)18-15(19)12-5-4-10-17-11-12/h2-7,10-11H,8-9H2,1H3,(H,18,19). The van der Waals surface area contributed by atoms with Gasteiger partial charge in [0.05, 0.1) is 18.2 Å². The van der Waals surface area contributed by atoms with Crippen molar-refractivity contribution in [3.8, 4) is 5.75 Å². The second kappa shape index (κ2) is 4.96. The summed E-state index contributed by atoms with van der Waals surface area (Å²) in [5, 5.41) is 3.12. The van der Waals surface area contributed by atoms with E-state index in [1.807, 2.05) is 24.3 Å². The van der Waals surface area contributed by atoms with Crippen LogP contribution in [0.25, 0.3) is 0 Å². The normalized spacial score (nSPS) is 15.4. The van der Waals surface area contributed by atoms with Gasteiger partial charge >= 0.3 is 0 Å². The highest BCUT2D eigenvalue weighted by Gasteiger charge is 2.47. The lowest BCUT2D eigenvalue weighted by Crippen LogP contribution is -2.35. The van der Waals surface area contributed by atoms with Gasteiger partial charge in [-0.3, -0.25) is 9.78 Å². The van der Waals surface area contributed by atoms with E-state index >= 15 is 0 Å². The van der Waals surface area contributed by atoms with Crippen LogP contribution in [0.15, 0.2) is 48.8 Å². The lowest BCUT2D eigenvalue weighted by molar-refractivity contribution is 0.0930. The second-order valence-corrected chi connectivity index (χ2v) is 4.98. The molecule has 0 radical (unpaired) electrons. The Kier molecular flexibility index (Phi) is 3.14. The summed E-state index contributed by atoms with van der Waals surface area (Å²) in [5.74, 6) is 0.720. The zero-order valence-corrected chi connectivity index (χ0v) is 11.3. The van der Waals surface area contributed by atoms with Crippen LogP contribution in [0, 0.1) is 0 Å². The SMILES string of the molecule is COc1ccccc1C1(NC(=O)c2cccnc2)CC1. The molecule has 1 N–H and O–H groups in total. The fourth-order valence-corrected chi connectivity index (χ4v) is 2.41. The molecule has 20 heavy (non-hydrogen) atoms. The second-order valence-electron chi connectivity index (χ2n) is 4.98. The first-order valence-electron chi connectivity index (χ1n) is 6.61. The summed E-state index contributed by atoms with van der Waals surface area (Å²) < 4.78 is 5.40. The Morgan fingerprint density at radius 3 is 2.70 bits per heavy atom. The smallest absolute Gasteiger partial charge is 0.253 e. The Morgan fingerprint density at radius 1 is 1.25 bits per heavy atom. The molecule has 3 rings (SSSR count). The van der Waals surface area contributed by atoms with Crippen LogP contribution in [0.3, 0.4) is 0 Å². The van der Waals surface area contributed by atoms with Crippen molar-refractivity contribution in [1.29, 1.82) is 0 Å². The molecule has 0 spiro atoms. The highest BCUT2D eigenvalue weighted by Crippen LogP contribution is 2.48. The molecule has 1 fully saturated rings. The molecule has 102 valence electrons. The van der Waals surface area contributed by atoms with E-state index in [9.17, 15) is 4.79 Å². The van der Waals surface area contributed by atoms with Crippen molar-refractivity contribution in [1.82, 2.24) is 10.3 Å². The highest BCUT2D eigenvalue weighted by atomic mass is 16.5. The van der Waals surface area contributed by atoms with Gasteiger partial charge < -0.3 is 10.1 Å². The number of aromatic nitrogens is 1. The number of carbonyl (C=O) groups is 1. The number of carbonyl (C=O) groups excluding carboxylic acids is 1. The van der Waals surface area contributed by atoms with Crippen LogP contribution in [0.1, 0.15) is 28.8 Å². The molecular weight excluding hydrogens is 252 g/mol. The first-order chi connectivity index (χ1) is 9.75. The predicted octanol–water partition coefficient (Wildman–Crippen LogP) is 2.51. The summed E-state index contributed by atoms with van der Waals surface area (Å²) >= 11 is 0. The number of hydrogen-bond acceptors (Lipinski definition) is 3.